The Kier molecular flexibility index (Phi) is 10.5. The zero-order valence-electron chi connectivity index (χ0n) is 23.6. The molecule has 1 aromatic carbocycles. The number of benzene rings is 1. The summed E-state index contributed by atoms with van der Waals surface area (Å²) in [5.41, 5.74) is 7.69. The summed E-state index contributed by atoms with van der Waals surface area (Å²) < 4.78 is 11.8. The number of para-hydroxylation sites is 1. The monoisotopic (exact) mass is 569 g/mol. The largest absolute Gasteiger partial charge is 0.439 e. The van der Waals surface area contributed by atoms with E-state index in [4.69, 9.17) is 15.2 Å². The van der Waals surface area contributed by atoms with Crippen molar-refractivity contribution in [2.45, 2.75) is 71.7 Å². The number of H-pyrrole nitrogens is 1. The summed E-state index contributed by atoms with van der Waals surface area (Å²) in [6, 6.07) is 10.9. The third kappa shape index (κ3) is 8.39. The zero-order valence-corrected chi connectivity index (χ0v) is 24.6. The highest BCUT2D eigenvalue weighted by Crippen LogP contribution is 2.32. The highest BCUT2D eigenvalue weighted by atomic mass is 32.1. The molecule has 216 valence electrons. The van der Waals surface area contributed by atoms with Crippen molar-refractivity contribution in [2.75, 3.05) is 6.61 Å². The van der Waals surface area contributed by atoms with Crippen LogP contribution in [0.2, 0.25) is 0 Å². The minimum atomic E-state index is -0.517. The lowest BCUT2D eigenvalue weighted by Gasteiger charge is -2.37. The van der Waals surface area contributed by atoms with E-state index < -0.39 is 6.04 Å². The number of hydrogen-bond acceptors (Lipinski definition) is 10. The lowest BCUT2D eigenvalue weighted by Crippen LogP contribution is -2.48. The molecule has 2 aromatic heterocycles. The van der Waals surface area contributed by atoms with Gasteiger partial charge in [-0.05, 0) is 45.2 Å². The van der Waals surface area contributed by atoms with E-state index in [2.05, 4.69) is 49.8 Å². The normalized spacial score (nSPS) is 14.6. The van der Waals surface area contributed by atoms with E-state index in [1.165, 1.54) is 0 Å². The van der Waals surface area contributed by atoms with Crippen molar-refractivity contribution < 1.29 is 14.3 Å². The first-order chi connectivity index (χ1) is 18.6. The van der Waals surface area contributed by atoms with Gasteiger partial charge in [-0.2, -0.15) is 18.7 Å². The Morgan fingerprint density at radius 2 is 1.98 bits per heavy atom. The fourth-order valence-corrected chi connectivity index (χ4v) is 4.33. The van der Waals surface area contributed by atoms with Gasteiger partial charge in [0.2, 0.25) is 11.8 Å². The van der Waals surface area contributed by atoms with Crippen LogP contribution in [0.1, 0.15) is 64.9 Å². The van der Waals surface area contributed by atoms with Crippen LogP contribution in [0, 0.1) is 5.92 Å². The zero-order chi connectivity index (χ0) is 28.0. The Bertz CT molecular complexity index is 1260. The number of pyridine rings is 1. The summed E-state index contributed by atoms with van der Waals surface area (Å²) in [6.45, 7) is 10.8. The number of aromatic amines is 1. The summed E-state index contributed by atoms with van der Waals surface area (Å²) in [5, 5.41) is 17.1. The van der Waals surface area contributed by atoms with E-state index in [0.29, 0.717) is 42.1 Å². The maximum absolute atomic E-state index is 13.0. The molecule has 0 saturated heterocycles. The molecule has 0 fully saturated rings. The molecule has 0 spiro atoms. The number of carbonyl (C=O) groups excluding carboxylic acids is 1. The van der Waals surface area contributed by atoms with E-state index in [1.807, 2.05) is 62.1 Å². The maximum atomic E-state index is 13.0. The van der Waals surface area contributed by atoms with Gasteiger partial charge in [0.15, 0.2) is 11.8 Å². The molecule has 0 radical (unpaired) electrons. The number of fused-ring (bicyclic) bond motifs is 1. The van der Waals surface area contributed by atoms with Crippen LogP contribution < -0.4 is 15.8 Å². The van der Waals surface area contributed by atoms with E-state index in [9.17, 15) is 4.79 Å². The minimum Gasteiger partial charge on any atom is -0.439 e. The number of guanidine groups is 1. The maximum Gasteiger partial charge on any atom is 0.220 e. The third-order valence-corrected chi connectivity index (χ3v) is 6.31. The number of carbonyl (C=O) groups is 1. The second-order valence-corrected chi connectivity index (χ2v) is 10.8. The quantitative estimate of drug-likeness (QED) is 0.313. The molecular weight excluding hydrogens is 530 g/mol. The molecule has 4 N–H and O–H groups in total. The molecule has 3 heterocycles. The van der Waals surface area contributed by atoms with E-state index in [-0.39, 0.29) is 50.0 Å². The van der Waals surface area contributed by atoms with Crippen molar-refractivity contribution in [1.82, 2.24) is 35.8 Å². The Morgan fingerprint density at radius 3 is 2.62 bits per heavy atom. The standard InChI is InChI=1S/C27H37N9O3.H2S/c1-17(2)22(11-12-23(37)30-21(16-38-27(3,4)5)25-32-34-35-33-25)36-15-18-13-24(29-14-20(18)31-26(36)28)39-19-9-7-6-8-10-19;/h6-10,13-14,17,21-22H,11-12,15-16H2,1-5H3,(H2,28,31)(H,30,37)(H,32,33,34,35);1H2/t21-,22-;/m0./s1. The molecule has 4 rings (SSSR count). The first-order valence-corrected chi connectivity index (χ1v) is 13.1. The van der Waals surface area contributed by atoms with Gasteiger partial charge in [-0.25, -0.2) is 9.98 Å². The summed E-state index contributed by atoms with van der Waals surface area (Å²) in [5.74, 6) is 2.05. The smallest absolute Gasteiger partial charge is 0.220 e. The van der Waals surface area contributed by atoms with Gasteiger partial charge in [0.1, 0.15) is 11.8 Å². The molecule has 12 nitrogen and oxygen atoms in total. The number of nitrogens with zero attached hydrogens (tertiary/aromatic N) is 6. The molecule has 2 atom stereocenters. The Balaban J connectivity index is 0.00000441. The molecule has 0 aliphatic carbocycles. The number of nitrogens with one attached hydrogen (secondary N) is 2. The highest BCUT2D eigenvalue weighted by molar-refractivity contribution is 7.59. The third-order valence-electron chi connectivity index (χ3n) is 6.31. The van der Waals surface area contributed by atoms with Gasteiger partial charge in [-0.15, -0.1) is 10.2 Å². The molecule has 40 heavy (non-hydrogen) atoms. The van der Waals surface area contributed by atoms with E-state index in [0.717, 1.165) is 5.56 Å². The van der Waals surface area contributed by atoms with Gasteiger partial charge in [0.05, 0.1) is 24.1 Å². The Morgan fingerprint density at radius 1 is 1.23 bits per heavy atom. The number of nitrogens with two attached hydrogens (primary N) is 1. The van der Waals surface area contributed by atoms with Gasteiger partial charge in [-0.1, -0.05) is 37.3 Å². The average Bonchev–Trinajstić information content (AvgIpc) is 3.42. The summed E-state index contributed by atoms with van der Waals surface area (Å²) in [4.78, 5) is 24.0. The number of aliphatic imine (C=N–C) groups is 1. The molecule has 0 bridgehead atoms. The van der Waals surface area contributed by atoms with Crippen molar-refractivity contribution in [3.63, 3.8) is 0 Å². The molecule has 1 aliphatic rings. The van der Waals surface area contributed by atoms with E-state index in [1.54, 1.807) is 6.20 Å². The van der Waals surface area contributed by atoms with Crippen molar-refractivity contribution in [3.05, 3.63) is 54.0 Å². The van der Waals surface area contributed by atoms with Gasteiger partial charge in [0, 0.05) is 30.6 Å². The summed E-state index contributed by atoms with van der Waals surface area (Å²) in [7, 11) is 0. The van der Waals surface area contributed by atoms with Gasteiger partial charge < -0.3 is 25.4 Å². The fraction of sp³-hybridized carbons (Fsp3) is 0.481. The van der Waals surface area contributed by atoms with Crippen LogP contribution in [0.25, 0.3) is 0 Å². The van der Waals surface area contributed by atoms with E-state index >= 15 is 0 Å². The minimum absolute atomic E-state index is 0. The van der Waals surface area contributed by atoms with Crippen LogP contribution >= 0.6 is 13.5 Å². The van der Waals surface area contributed by atoms with Crippen molar-refractivity contribution in [3.8, 4) is 11.6 Å². The molecule has 0 saturated carbocycles. The number of aromatic nitrogens is 5. The van der Waals surface area contributed by atoms with Crippen LogP contribution in [0.4, 0.5) is 5.69 Å². The summed E-state index contributed by atoms with van der Waals surface area (Å²) >= 11 is 0. The first kappa shape index (κ1) is 30.8. The molecular formula is C27H39N9O3S. The van der Waals surface area contributed by atoms with Crippen LogP contribution in [0.15, 0.2) is 47.6 Å². The van der Waals surface area contributed by atoms with Crippen molar-refractivity contribution in [2.24, 2.45) is 16.6 Å². The topological polar surface area (TPSA) is 157 Å². The first-order valence-electron chi connectivity index (χ1n) is 13.1. The van der Waals surface area contributed by atoms with Gasteiger partial charge in [0.25, 0.3) is 0 Å². The number of amides is 1. The highest BCUT2D eigenvalue weighted by Gasteiger charge is 2.29. The van der Waals surface area contributed by atoms with Crippen molar-refractivity contribution in [1.29, 1.82) is 0 Å². The molecule has 0 unspecified atom stereocenters. The number of hydrogen-bond donors (Lipinski definition) is 3. The number of rotatable bonds is 11. The lowest BCUT2D eigenvalue weighted by molar-refractivity contribution is -0.123. The Hall–Kier alpha value is -3.71. The second kappa shape index (κ2) is 13.6. The molecule has 3 aromatic rings. The molecule has 1 aliphatic heterocycles. The second-order valence-electron chi connectivity index (χ2n) is 10.8. The lowest BCUT2D eigenvalue weighted by atomic mass is 9.96. The van der Waals surface area contributed by atoms with Crippen LogP contribution in [-0.4, -0.2) is 60.6 Å². The van der Waals surface area contributed by atoms with Gasteiger partial charge >= 0.3 is 0 Å². The Labute approximate surface area is 241 Å². The predicted molar refractivity (Wildman–Crippen MR) is 157 cm³/mol. The fourth-order valence-electron chi connectivity index (χ4n) is 4.33. The van der Waals surface area contributed by atoms with Crippen LogP contribution in [0.5, 0.6) is 11.6 Å². The van der Waals surface area contributed by atoms with Gasteiger partial charge in [-0.3, -0.25) is 4.79 Å². The van der Waals surface area contributed by atoms with Crippen LogP contribution in [0.3, 0.4) is 0 Å². The number of ether oxygens (including phenoxy) is 2. The molecule has 13 heteroatoms. The summed E-state index contributed by atoms with van der Waals surface area (Å²) in [6.07, 6.45) is 2.53. The average molecular weight is 570 g/mol. The SMILES string of the molecule is CC(C)[C@H](CCC(=O)N[C@@H](COC(C)(C)C)c1nn[nH]n1)N1Cc2cc(Oc3ccccc3)ncc2N=C1N.S. The predicted octanol–water partition coefficient (Wildman–Crippen LogP) is 3.74. The van der Waals surface area contributed by atoms with Crippen molar-refractivity contribution >= 4 is 31.0 Å². The molecule has 1 amide bonds. The van der Waals surface area contributed by atoms with Crippen LogP contribution in [-0.2, 0) is 16.1 Å². The number of tetrazole rings is 1.